The van der Waals surface area contributed by atoms with Gasteiger partial charge in [0.15, 0.2) is 0 Å². The molecule has 0 unspecified atom stereocenters. The fourth-order valence-electron chi connectivity index (χ4n) is 3.96. The Labute approximate surface area is 183 Å². The predicted octanol–water partition coefficient (Wildman–Crippen LogP) is 4.26. The summed E-state index contributed by atoms with van der Waals surface area (Å²) < 4.78 is 29.6. The average molecular weight is 446 g/mol. The van der Waals surface area contributed by atoms with Crippen molar-refractivity contribution in [2.45, 2.75) is 25.9 Å². The minimum atomic E-state index is -0.739. The summed E-state index contributed by atoms with van der Waals surface area (Å²) in [7, 11) is 0. The Balaban J connectivity index is 1.88. The summed E-state index contributed by atoms with van der Waals surface area (Å²) >= 11 is 5.95. The molecule has 162 valence electrons. The summed E-state index contributed by atoms with van der Waals surface area (Å²) in [6.45, 7) is 4.59. The highest BCUT2D eigenvalue weighted by Gasteiger charge is 2.41. The Morgan fingerprint density at radius 2 is 2.00 bits per heavy atom. The maximum Gasteiger partial charge on any atom is 0.237 e. The van der Waals surface area contributed by atoms with Crippen LogP contribution < -0.4 is 11.1 Å². The van der Waals surface area contributed by atoms with Gasteiger partial charge in [0.05, 0.1) is 17.1 Å². The van der Waals surface area contributed by atoms with Crippen molar-refractivity contribution in [3.63, 3.8) is 0 Å². The molecule has 0 fully saturated rings. The van der Waals surface area contributed by atoms with Crippen LogP contribution in [0.1, 0.15) is 19.7 Å². The second-order valence-corrected chi connectivity index (χ2v) is 8.26. The van der Waals surface area contributed by atoms with E-state index >= 15 is 0 Å². The largest absolute Gasteiger partial charge is 0.340 e. The van der Waals surface area contributed by atoms with E-state index in [9.17, 15) is 13.6 Å². The zero-order chi connectivity index (χ0) is 22.3. The van der Waals surface area contributed by atoms with Gasteiger partial charge in [-0.25, -0.2) is 13.8 Å². The highest BCUT2D eigenvalue weighted by atomic mass is 35.5. The van der Waals surface area contributed by atoms with Crippen molar-refractivity contribution in [2.75, 3.05) is 18.4 Å². The number of halogens is 3. The first-order valence-corrected chi connectivity index (χ1v) is 10.2. The van der Waals surface area contributed by atoms with Gasteiger partial charge in [0.1, 0.15) is 29.0 Å². The number of nitrogens with two attached hydrogens (primary N) is 1. The van der Waals surface area contributed by atoms with E-state index in [-0.39, 0.29) is 17.5 Å². The van der Waals surface area contributed by atoms with Crippen molar-refractivity contribution in [3.8, 4) is 11.3 Å². The summed E-state index contributed by atoms with van der Waals surface area (Å²) in [5.41, 5.74) is 6.51. The predicted molar refractivity (Wildman–Crippen MR) is 116 cm³/mol. The standard InChI is InChI=1S/C22H22ClF2N5O/c1-22(2)21-28-19(13-4-3-5-14(24)10-13)20(27-15-6-7-17(25)16(23)11-15)29(21)8-9-30(22)18(31)12-26/h3-7,10-11,27H,8-9,12,26H2,1-2H3. The summed E-state index contributed by atoms with van der Waals surface area (Å²) in [4.78, 5) is 18.9. The molecule has 2 heterocycles. The normalized spacial score (nSPS) is 15.0. The van der Waals surface area contributed by atoms with Crippen LogP contribution in [0.2, 0.25) is 5.02 Å². The molecule has 0 atom stereocenters. The Bertz CT molecular complexity index is 1160. The van der Waals surface area contributed by atoms with Crippen LogP contribution in [0.25, 0.3) is 11.3 Å². The topological polar surface area (TPSA) is 76.2 Å². The van der Waals surface area contributed by atoms with Gasteiger partial charge in [-0.3, -0.25) is 4.79 Å². The average Bonchev–Trinajstić information content (AvgIpc) is 3.10. The van der Waals surface area contributed by atoms with Crippen molar-refractivity contribution in [3.05, 3.63) is 64.9 Å². The Hall–Kier alpha value is -2.97. The number of carbonyl (C=O) groups is 1. The molecule has 2 aromatic carbocycles. The third kappa shape index (κ3) is 3.77. The van der Waals surface area contributed by atoms with Crippen LogP contribution >= 0.6 is 11.6 Å². The molecule has 1 aromatic heterocycles. The van der Waals surface area contributed by atoms with Crippen LogP contribution in [-0.4, -0.2) is 33.4 Å². The summed E-state index contributed by atoms with van der Waals surface area (Å²) in [5, 5.41) is 3.24. The number of benzene rings is 2. The lowest BCUT2D eigenvalue weighted by Gasteiger charge is -2.42. The molecule has 1 aliphatic heterocycles. The molecule has 1 aliphatic rings. The molecule has 0 bridgehead atoms. The minimum Gasteiger partial charge on any atom is -0.340 e. The third-order valence-electron chi connectivity index (χ3n) is 5.49. The Morgan fingerprint density at radius 3 is 2.68 bits per heavy atom. The van der Waals surface area contributed by atoms with Crippen LogP contribution in [0.4, 0.5) is 20.3 Å². The Kier molecular flexibility index (Phi) is 5.45. The van der Waals surface area contributed by atoms with Crippen molar-refractivity contribution in [2.24, 2.45) is 5.73 Å². The van der Waals surface area contributed by atoms with Crippen LogP contribution in [0.15, 0.2) is 42.5 Å². The quantitative estimate of drug-likeness (QED) is 0.629. The van der Waals surface area contributed by atoms with Crippen molar-refractivity contribution in [1.82, 2.24) is 14.5 Å². The molecule has 0 aliphatic carbocycles. The maximum atomic E-state index is 14.0. The molecular formula is C22H22ClF2N5O. The second kappa shape index (κ2) is 7.94. The second-order valence-electron chi connectivity index (χ2n) is 7.86. The molecule has 0 radical (unpaired) electrons. The number of nitrogens with one attached hydrogen (secondary N) is 1. The van der Waals surface area contributed by atoms with Gasteiger partial charge in [-0.05, 0) is 44.2 Å². The van der Waals surface area contributed by atoms with Gasteiger partial charge in [-0.15, -0.1) is 0 Å². The van der Waals surface area contributed by atoms with E-state index < -0.39 is 17.2 Å². The Morgan fingerprint density at radius 1 is 1.23 bits per heavy atom. The molecule has 0 spiro atoms. The molecular weight excluding hydrogens is 424 g/mol. The lowest BCUT2D eigenvalue weighted by atomic mass is 9.99. The summed E-state index contributed by atoms with van der Waals surface area (Å²) in [6, 6.07) is 10.4. The van der Waals surface area contributed by atoms with E-state index in [0.717, 1.165) is 0 Å². The van der Waals surface area contributed by atoms with Crippen molar-refractivity contribution >= 4 is 29.0 Å². The van der Waals surface area contributed by atoms with E-state index in [2.05, 4.69) is 5.32 Å². The number of rotatable bonds is 4. The molecule has 9 heteroatoms. The van der Waals surface area contributed by atoms with Gasteiger partial charge in [0, 0.05) is 24.3 Å². The number of imidazole rings is 1. The van der Waals surface area contributed by atoms with Crippen molar-refractivity contribution < 1.29 is 13.6 Å². The fourth-order valence-corrected chi connectivity index (χ4v) is 4.14. The van der Waals surface area contributed by atoms with E-state index in [1.807, 2.05) is 18.4 Å². The number of carbonyl (C=O) groups excluding carboxylic acids is 1. The first-order chi connectivity index (χ1) is 14.7. The van der Waals surface area contributed by atoms with E-state index in [0.29, 0.717) is 41.7 Å². The minimum absolute atomic E-state index is 0.0178. The molecule has 3 N–H and O–H groups in total. The number of nitrogens with zero attached hydrogens (tertiary/aromatic N) is 3. The maximum absolute atomic E-state index is 14.0. The molecule has 0 saturated carbocycles. The molecule has 4 rings (SSSR count). The third-order valence-corrected chi connectivity index (χ3v) is 5.78. The monoisotopic (exact) mass is 445 g/mol. The summed E-state index contributed by atoms with van der Waals surface area (Å²) in [6.07, 6.45) is 0. The van der Waals surface area contributed by atoms with Crippen molar-refractivity contribution in [1.29, 1.82) is 0 Å². The van der Waals surface area contributed by atoms with Crippen LogP contribution in [0.3, 0.4) is 0 Å². The van der Waals surface area contributed by atoms with Gasteiger partial charge in [-0.2, -0.15) is 0 Å². The molecule has 6 nitrogen and oxygen atoms in total. The molecule has 3 aromatic rings. The van der Waals surface area contributed by atoms with Crippen LogP contribution in [0, 0.1) is 11.6 Å². The number of fused-ring (bicyclic) bond motifs is 1. The molecule has 0 saturated heterocycles. The lowest BCUT2D eigenvalue weighted by Crippen LogP contribution is -2.53. The smallest absolute Gasteiger partial charge is 0.237 e. The van der Waals surface area contributed by atoms with Gasteiger partial charge in [0.25, 0.3) is 0 Å². The molecule has 31 heavy (non-hydrogen) atoms. The first-order valence-electron chi connectivity index (χ1n) is 9.82. The summed E-state index contributed by atoms with van der Waals surface area (Å²) in [5.74, 6) is 0.154. The lowest BCUT2D eigenvalue weighted by molar-refractivity contribution is -0.137. The fraction of sp³-hybridized carbons (Fsp3) is 0.273. The SMILES string of the molecule is CC1(C)c2nc(-c3cccc(F)c3)c(Nc3ccc(F)c(Cl)c3)n2CCN1C(=O)CN. The zero-order valence-corrected chi connectivity index (χ0v) is 17.9. The number of aromatic nitrogens is 2. The first kappa shape index (κ1) is 21.3. The van der Waals surface area contributed by atoms with E-state index in [1.165, 1.54) is 24.3 Å². The highest BCUT2D eigenvalue weighted by molar-refractivity contribution is 6.31. The number of anilines is 2. The van der Waals surface area contributed by atoms with Gasteiger partial charge >= 0.3 is 0 Å². The van der Waals surface area contributed by atoms with Crippen LogP contribution in [0.5, 0.6) is 0 Å². The van der Waals surface area contributed by atoms with Gasteiger partial charge in [0.2, 0.25) is 5.91 Å². The highest BCUT2D eigenvalue weighted by Crippen LogP contribution is 2.39. The van der Waals surface area contributed by atoms with Gasteiger partial charge in [-0.1, -0.05) is 23.7 Å². The van der Waals surface area contributed by atoms with E-state index in [1.54, 1.807) is 23.1 Å². The zero-order valence-electron chi connectivity index (χ0n) is 17.1. The number of hydrogen-bond donors (Lipinski definition) is 2. The van der Waals surface area contributed by atoms with E-state index in [4.69, 9.17) is 22.3 Å². The van der Waals surface area contributed by atoms with Gasteiger partial charge < -0.3 is 20.5 Å². The number of hydrogen-bond acceptors (Lipinski definition) is 4. The molecule has 1 amide bonds. The number of amides is 1. The van der Waals surface area contributed by atoms with Crippen LogP contribution in [-0.2, 0) is 16.9 Å².